The number of carbonyl (C=O) groups is 1. The SMILES string of the molecule is CCOC(=O)c1csc(N2N=C(c3ccc(Br)cc3)C[C@@]2(O)C(F)(F)F)n1. The molecular formula is C16H13BrF3N3O3S. The number of anilines is 1. The predicted molar refractivity (Wildman–Crippen MR) is 96.9 cm³/mol. The second-order valence-corrected chi connectivity index (χ2v) is 7.34. The van der Waals surface area contributed by atoms with Gasteiger partial charge < -0.3 is 9.84 Å². The molecule has 144 valence electrons. The lowest BCUT2D eigenvalue weighted by molar-refractivity contribution is -0.254. The molecule has 0 saturated heterocycles. The van der Waals surface area contributed by atoms with Gasteiger partial charge in [-0.15, -0.1) is 11.3 Å². The topological polar surface area (TPSA) is 75.0 Å². The maximum absolute atomic E-state index is 13.6. The molecule has 0 aliphatic carbocycles. The van der Waals surface area contributed by atoms with Crippen LogP contribution in [0.2, 0.25) is 0 Å². The maximum atomic E-state index is 13.6. The summed E-state index contributed by atoms with van der Waals surface area (Å²) in [6.45, 7) is 1.70. The van der Waals surface area contributed by atoms with Crippen molar-refractivity contribution in [3.63, 3.8) is 0 Å². The van der Waals surface area contributed by atoms with Gasteiger partial charge in [0.1, 0.15) is 0 Å². The fourth-order valence-electron chi connectivity index (χ4n) is 2.43. The zero-order chi connectivity index (χ0) is 19.8. The quantitative estimate of drug-likeness (QED) is 0.694. The Morgan fingerprint density at radius 1 is 1.41 bits per heavy atom. The minimum absolute atomic E-state index is 0.0511. The fourth-order valence-corrected chi connectivity index (χ4v) is 3.50. The molecule has 1 atom stereocenters. The molecule has 0 bridgehead atoms. The van der Waals surface area contributed by atoms with Gasteiger partial charge in [-0.1, -0.05) is 28.1 Å². The zero-order valence-electron chi connectivity index (χ0n) is 13.8. The molecule has 11 heteroatoms. The third kappa shape index (κ3) is 3.71. The molecule has 1 aromatic carbocycles. The highest BCUT2D eigenvalue weighted by Gasteiger charge is 2.62. The van der Waals surface area contributed by atoms with Crippen molar-refractivity contribution >= 4 is 44.1 Å². The Hall–Kier alpha value is -1.98. The van der Waals surface area contributed by atoms with Crippen LogP contribution in [0.3, 0.4) is 0 Å². The summed E-state index contributed by atoms with van der Waals surface area (Å²) >= 11 is 4.01. The Labute approximate surface area is 164 Å². The number of ether oxygens (including phenoxy) is 1. The second-order valence-electron chi connectivity index (χ2n) is 5.59. The average Bonchev–Trinajstić information content (AvgIpc) is 3.20. The first-order valence-electron chi connectivity index (χ1n) is 7.71. The monoisotopic (exact) mass is 463 g/mol. The molecule has 0 amide bonds. The smallest absolute Gasteiger partial charge is 0.438 e. The van der Waals surface area contributed by atoms with Crippen LogP contribution >= 0.6 is 27.3 Å². The number of esters is 1. The van der Waals surface area contributed by atoms with Crippen molar-refractivity contribution in [2.45, 2.75) is 25.2 Å². The van der Waals surface area contributed by atoms with Crippen LogP contribution in [0.4, 0.5) is 18.3 Å². The number of benzene rings is 1. The molecule has 2 heterocycles. The number of hydrazone groups is 1. The average molecular weight is 464 g/mol. The molecule has 3 rings (SSSR count). The van der Waals surface area contributed by atoms with E-state index < -0.39 is 24.3 Å². The number of halogens is 4. The summed E-state index contributed by atoms with van der Waals surface area (Å²) in [4.78, 5) is 15.6. The van der Waals surface area contributed by atoms with Gasteiger partial charge in [0.05, 0.1) is 18.7 Å². The van der Waals surface area contributed by atoms with Gasteiger partial charge in [-0.3, -0.25) is 0 Å². The third-order valence-electron chi connectivity index (χ3n) is 3.77. The van der Waals surface area contributed by atoms with E-state index in [0.29, 0.717) is 10.6 Å². The number of alkyl halides is 3. The Morgan fingerprint density at radius 2 is 2.07 bits per heavy atom. The predicted octanol–water partition coefficient (Wildman–Crippen LogP) is 3.95. The summed E-state index contributed by atoms with van der Waals surface area (Å²) < 4.78 is 46.4. The van der Waals surface area contributed by atoms with Gasteiger partial charge in [0.2, 0.25) is 5.13 Å². The van der Waals surface area contributed by atoms with E-state index in [4.69, 9.17) is 4.74 Å². The number of hydrogen-bond donors (Lipinski definition) is 1. The molecule has 0 spiro atoms. The molecule has 1 aliphatic heterocycles. The van der Waals surface area contributed by atoms with E-state index in [2.05, 4.69) is 26.0 Å². The van der Waals surface area contributed by atoms with Gasteiger partial charge >= 0.3 is 12.1 Å². The lowest BCUT2D eigenvalue weighted by atomic mass is 10.0. The molecular weight excluding hydrogens is 451 g/mol. The van der Waals surface area contributed by atoms with Crippen LogP contribution in [-0.2, 0) is 4.74 Å². The Kier molecular flexibility index (Phi) is 5.28. The van der Waals surface area contributed by atoms with Crippen LogP contribution < -0.4 is 5.01 Å². The van der Waals surface area contributed by atoms with Gasteiger partial charge in [0.15, 0.2) is 5.69 Å². The molecule has 27 heavy (non-hydrogen) atoms. The van der Waals surface area contributed by atoms with Crippen molar-refractivity contribution in [3.8, 4) is 0 Å². The number of aliphatic hydroxyl groups is 1. The highest BCUT2D eigenvalue weighted by molar-refractivity contribution is 9.10. The first-order valence-corrected chi connectivity index (χ1v) is 9.38. The molecule has 0 unspecified atom stereocenters. The molecule has 6 nitrogen and oxygen atoms in total. The largest absolute Gasteiger partial charge is 0.461 e. The number of aromatic nitrogens is 1. The van der Waals surface area contributed by atoms with Crippen molar-refractivity contribution in [2.24, 2.45) is 5.10 Å². The van der Waals surface area contributed by atoms with E-state index in [0.717, 1.165) is 15.8 Å². The third-order valence-corrected chi connectivity index (χ3v) is 5.12. The fraction of sp³-hybridized carbons (Fsp3) is 0.312. The van der Waals surface area contributed by atoms with Crippen LogP contribution in [0.15, 0.2) is 39.2 Å². The standard InChI is InChI=1S/C16H13BrF3N3O3S/c1-2-26-13(24)12-8-27-14(21-12)23-15(25,16(18,19)20)7-11(22-23)9-3-5-10(17)6-4-9/h3-6,8,25H,2,7H2,1H3/t15-/m1/s1. The Bertz CT molecular complexity index is 885. The molecule has 1 aromatic heterocycles. The molecule has 2 aromatic rings. The van der Waals surface area contributed by atoms with Gasteiger partial charge in [-0.25, -0.2) is 9.78 Å². The van der Waals surface area contributed by atoms with Crippen molar-refractivity contribution in [3.05, 3.63) is 45.4 Å². The van der Waals surface area contributed by atoms with Crippen molar-refractivity contribution in [1.82, 2.24) is 4.98 Å². The number of hydrogen-bond acceptors (Lipinski definition) is 7. The molecule has 1 aliphatic rings. The minimum atomic E-state index is -5.00. The van der Waals surface area contributed by atoms with E-state index in [1.165, 1.54) is 5.38 Å². The number of nitrogens with zero attached hydrogens (tertiary/aromatic N) is 3. The second kappa shape index (κ2) is 7.21. The number of carbonyl (C=O) groups excluding carboxylic acids is 1. The highest BCUT2D eigenvalue weighted by atomic mass is 79.9. The van der Waals surface area contributed by atoms with E-state index in [-0.39, 0.29) is 23.1 Å². The summed E-state index contributed by atoms with van der Waals surface area (Å²) in [7, 11) is 0. The minimum Gasteiger partial charge on any atom is -0.461 e. The first-order chi connectivity index (χ1) is 12.7. The maximum Gasteiger partial charge on any atom is 0.438 e. The number of rotatable bonds is 4. The van der Waals surface area contributed by atoms with Gasteiger partial charge in [0, 0.05) is 9.85 Å². The van der Waals surface area contributed by atoms with E-state index in [1.54, 1.807) is 31.2 Å². The van der Waals surface area contributed by atoms with Crippen LogP contribution in [0.1, 0.15) is 29.4 Å². The van der Waals surface area contributed by atoms with Gasteiger partial charge in [-0.05, 0) is 24.6 Å². The van der Waals surface area contributed by atoms with Crippen LogP contribution in [0, 0.1) is 0 Å². The lowest BCUT2D eigenvalue weighted by Crippen LogP contribution is -2.55. The first kappa shape index (κ1) is 19.8. The van der Waals surface area contributed by atoms with Crippen molar-refractivity contribution in [1.29, 1.82) is 0 Å². The summed E-state index contributed by atoms with van der Waals surface area (Å²) in [6, 6.07) is 6.51. The van der Waals surface area contributed by atoms with Gasteiger partial charge in [0.25, 0.3) is 5.72 Å². The molecule has 0 radical (unpaired) electrons. The van der Waals surface area contributed by atoms with Crippen LogP contribution in [-0.4, -0.2) is 40.3 Å². The van der Waals surface area contributed by atoms with Crippen molar-refractivity contribution in [2.75, 3.05) is 11.6 Å². The highest BCUT2D eigenvalue weighted by Crippen LogP contribution is 2.44. The zero-order valence-corrected chi connectivity index (χ0v) is 16.2. The summed E-state index contributed by atoms with van der Waals surface area (Å²) in [5.41, 5.74) is -2.92. The van der Waals surface area contributed by atoms with E-state index >= 15 is 0 Å². The summed E-state index contributed by atoms with van der Waals surface area (Å²) in [5, 5.41) is 15.8. The Balaban J connectivity index is 2.01. The van der Waals surface area contributed by atoms with E-state index in [9.17, 15) is 23.1 Å². The summed E-state index contributed by atoms with van der Waals surface area (Å²) in [6.07, 6.45) is -5.77. The van der Waals surface area contributed by atoms with E-state index in [1.807, 2.05) is 0 Å². The number of thiazole rings is 1. The van der Waals surface area contributed by atoms with Crippen LogP contribution in [0.5, 0.6) is 0 Å². The van der Waals surface area contributed by atoms with Crippen molar-refractivity contribution < 1.29 is 27.8 Å². The summed E-state index contributed by atoms with van der Waals surface area (Å²) in [5.74, 6) is -0.758. The molecule has 0 fully saturated rings. The Morgan fingerprint density at radius 3 is 2.67 bits per heavy atom. The molecule has 0 saturated carbocycles. The normalized spacial score (nSPS) is 19.9. The lowest BCUT2D eigenvalue weighted by Gasteiger charge is -2.32. The van der Waals surface area contributed by atoms with Crippen LogP contribution in [0.25, 0.3) is 0 Å². The molecule has 1 N–H and O–H groups in total. The van der Waals surface area contributed by atoms with Gasteiger partial charge in [-0.2, -0.15) is 23.3 Å².